The van der Waals surface area contributed by atoms with Crippen LogP contribution in [-0.4, -0.2) is 41.0 Å². The van der Waals surface area contributed by atoms with E-state index in [1.54, 1.807) is 18.2 Å². The summed E-state index contributed by atoms with van der Waals surface area (Å²) in [6, 6.07) is 5.38. The van der Waals surface area contributed by atoms with Crippen molar-refractivity contribution in [3.05, 3.63) is 28.2 Å². The smallest absolute Gasteiger partial charge is 0.260 e. The van der Waals surface area contributed by atoms with Crippen molar-refractivity contribution in [1.82, 2.24) is 4.90 Å². The Morgan fingerprint density at radius 1 is 1.47 bits per heavy atom. The highest BCUT2D eigenvalue weighted by Crippen LogP contribution is 2.37. The van der Waals surface area contributed by atoms with E-state index in [-0.39, 0.29) is 12.5 Å². The zero-order chi connectivity index (χ0) is 13.4. The van der Waals surface area contributed by atoms with E-state index in [4.69, 9.17) is 27.9 Å². The van der Waals surface area contributed by atoms with Crippen molar-refractivity contribution in [2.24, 2.45) is 0 Å². The van der Waals surface area contributed by atoms with E-state index in [1.807, 2.05) is 16.7 Å². The molecule has 2 heterocycles. The van der Waals surface area contributed by atoms with Crippen molar-refractivity contribution >= 4 is 40.9 Å². The molecule has 19 heavy (non-hydrogen) atoms. The quantitative estimate of drug-likeness (QED) is 0.858. The fourth-order valence-electron chi connectivity index (χ4n) is 2.52. The minimum Gasteiger partial charge on any atom is -0.482 e. The molecule has 2 atom stereocenters. The maximum atomic E-state index is 12.1. The molecule has 2 saturated heterocycles. The number of likely N-dealkylation sites (tertiary alicyclic amines) is 1. The van der Waals surface area contributed by atoms with E-state index in [0.29, 0.717) is 27.1 Å². The molecule has 2 fully saturated rings. The molecule has 0 radical (unpaired) electrons. The Morgan fingerprint density at radius 2 is 2.32 bits per heavy atom. The summed E-state index contributed by atoms with van der Waals surface area (Å²) in [4.78, 5) is 14.0. The highest BCUT2D eigenvalue weighted by molar-refractivity contribution is 8.00. The predicted molar refractivity (Wildman–Crippen MR) is 78.3 cm³/mol. The van der Waals surface area contributed by atoms with Crippen molar-refractivity contribution < 1.29 is 9.53 Å². The molecule has 1 aromatic rings. The summed E-state index contributed by atoms with van der Waals surface area (Å²) in [6.07, 6.45) is 1.12. The van der Waals surface area contributed by atoms with Crippen LogP contribution in [-0.2, 0) is 4.79 Å². The first-order valence-corrected chi connectivity index (χ1v) is 7.93. The van der Waals surface area contributed by atoms with Crippen molar-refractivity contribution in [2.75, 3.05) is 18.9 Å². The molecule has 2 aliphatic rings. The normalized spacial score (nSPS) is 24.8. The molecule has 0 spiro atoms. The number of fused-ring (bicyclic) bond motifs is 2. The number of rotatable bonds is 3. The second kappa shape index (κ2) is 5.43. The van der Waals surface area contributed by atoms with E-state index >= 15 is 0 Å². The number of amides is 1. The molecule has 0 saturated carbocycles. The zero-order valence-electron chi connectivity index (χ0n) is 10.1. The molecule has 2 unspecified atom stereocenters. The molecular formula is C13H13Cl2NO2S. The van der Waals surface area contributed by atoms with Crippen LogP contribution >= 0.6 is 35.0 Å². The van der Waals surface area contributed by atoms with Crippen LogP contribution in [0.5, 0.6) is 5.75 Å². The Morgan fingerprint density at radius 3 is 2.95 bits per heavy atom. The summed E-state index contributed by atoms with van der Waals surface area (Å²) in [5, 5.41) is 1.60. The third-order valence-corrected chi connectivity index (χ3v) is 5.39. The second-order valence-electron chi connectivity index (χ2n) is 4.75. The lowest BCUT2D eigenvalue weighted by molar-refractivity contribution is -0.133. The summed E-state index contributed by atoms with van der Waals surface area (Å²) in [7, 11) is 0. The van der Waals surface area contributed by atoms with Gasteiger partial charge in [0.25, 0.3) is 5.91 Å². The van der Waals surface area contributed by atoms with E-state index in [0.717, 1.165) is 18.7 Å². The Hall–Kier alpha value is -0.580. The fourth-order valence-corrected chi connectivity index (χ4v) is 4.42. The summed E-state index contributed by atoms with van der Waals surface area (Å²) < 4.78 is 5.49. The first-order valence-electron chi connectivity index (χ1n) is 6.12. The molecule has 1 amide bonds. The van der Waals surface area contributed by atoms with Crippen molar-refractivity contribution in [3.8, 4) is 5.75 Å². The van der Waals surface area contributed by atoms with Crippen LogP contribution in [0.3, 0.4) is 0 Å². The number of ether oxygens (including phenoxy) is 1. The van der Waals surface area contributed by atoms with E-state index in [9.17, 15) is 4.79 Å². The largest absolute Gasteiger partial charge is 0.482 e. The maximum absolute atomic E-state index is 12.1. The average Bonchev–Trinajstić information content (AvgIpc) is 2.99. The van der Waals surface area contributed by atoms with Gasteiger partial charge >= 0.3 is 0 Å². The van der Waals surface area contributed by atoms with Gasteiger partial charge < -0.3 is 9.64 Å². The van der Waals surface area contributed by atoms with Gasteiger partial charge in [-0.05, 0) is 24.6 Å². The minimum absolute atomic E-state index is 0.0369. The van der Waals surface area contributed by atoms with Crippen LogP contribution < -0.4 is 4.74 Å². The molecule has 3 rings (SSSR count). The molecule has 0 N–H and O–H groups in total. The molecule has 2 bridgehead atoms. The molecule has 1 aromatic carbocycles. The van der Waals surface area contributed by atoms with E-state index < -0.39 is 0 Å². The van der Waals surface area contributed by atoms with E-state index in [1.165, 1.54) is 0 Å². The third-order valence-electron chi connectivity index (χ3n) is 3.47. The number of nitrogens with zero attached hydrogens (tertiary/aromatic N) is 1. The molecule has 0 aliphatic carbocycles. The molecular weight excluding hydrogens is 305 g/mol. The van der Waals surface area contributed by atoms with Gasteiger partial charge in [-0.2, -0.15) is 11.8 Å². The van der Waals surface area contributed by atoms with Crippen LogP contribution in [0, 0.1) is 0 Å². The lowest BCUT2D eigenvalue weighted by Gasteiger charge is -2.26. The molecule has 0 aromatic heterocycles. The lowest BCUT2D eigenvalue weighted by Crippen LogP contribution is -2.41. The second-order valence-corrected chi connectivity index (χ2v) is 6.93. The van der Waals surface area contributed by atoms with E-state index in [2.05, 4.69) is 0 Å². The first-order chi connectivity index (χ1) is 9.13. The highest BCUT2D eigenvalue weighted by atomic mass is 35.5. The van der Waals surface area contributed by atoms with Crippen LogP contribution in [0.25, 0.3) is 0 Å². The predicted octanol–water partition coefficient (Wildman–Crippen LogP) is 3.09. The maximum Gasteiger partial charge on any atom is 0.260 e. The summed E-state index contributed by atoms with van der Waals surface area (Å²) in [6.45, 7) is 0.890. The molecule has 102 valence electrons. The number of benzene rings is 1. The summed E-state index contributed by atoms with van der Waals surface area (Å²) in [5.41, 5.74) is 0. The highest BCUT2D eigenvalue weighted by Gasteiger charge is 2.40. The Labute approximate surface area is 126 Å². The van der Waals surface area contributed by atoms with Gasteiger partial charge in [0, 0.05) is 28.6 Å². The Bertz CT molecular complexity index is 511. The van der Waals surface area contributed by atoms with Gasteiger partial charge in [0.05, 0.1) is 5.02 Å². The van der Waals surface area contributed by atoms with Gasteiger partial charge in [-0.15, -0.1) is 0 Å². The van der Waals surface area contributed by atoms with Crippen molar-refractivity contribution in [3.63, 3.8) is 0 Å². The monoisotopic (exact) mass is 317 g/mol. The van der Waals surface area contributed by atoms with Gasteiger partial charge in [0.2, 0.25) is 0 Å². The number of thioether (sulfide) groups is 1. The fraction of sp³-hybridized carbons (Fsp3) is 0.462. The van der Waals surface area contributed by atoms with Crippen molar-refractivity contribution in [2.45, 2.75) is 17.7 Å². The number of halogens is 2. The van der Waals surface area contributed by atoms with Crippen LogP contribution in [0.1, 0.15) is 6.42 Å². The van der Waals surface area contributed by atoms with Crippen molar-refractivity contribution in [1.29, 1.82) is 0 Å². The van der Waals surface area contributed by atoms with Gasteiger partial charge in [-0.25, -0.2) is 0 Å². The topological polar surface area (TPSA) is 29.5 Å². The number of hydrogen-bond donors (Lipinski definition) is 0. The zero-order valence-corrected chi connectivity index (χ0v) is 12.5. The first kappa shape index (κ1) is 13.4. The van der Waals surface area contributed by atoms with Crippen LogP contribution in [0.2, 0.25) is 10.0 Å². The van der Waals surface area contributed by atoms with Gasteiger partial charge in [-0.1, -0.05) is 23.2 Å². The standard InChI is InChI=1S/C13H13Cl2NO2S/c14-8-1-2-12(11(15)3-8)18-6-13(17)16-5-10-4-9(16)7-19-10/h1-3,9-10H,4-7H2. The van der Waals surface area contributed by atoms with Crippen LogP contribution in [0.15, 0.2) is 18.2 Å². The summed E-state index contributed by atoms with van der Waals surface area (Å²) in [5.74, 6) is 1.59. The number of carbonyl (C=O) groups excluding carboxylic acids is 1. The molecule has 3 nitrogen and oxygen atoms in total. The van der Waals surface area contributed by atoms with Gasteiger partial charge in [0.15, 0.2) is 6.61 Å². The Balaban J connectivity index is 1.58. The number of carbonyl (C=O) groups is 1. The Kier molecular flexibility index (Phi) is 3.83. The van der Waals surface area contributed by atoms with Gasteiger partial charge in [-0.3, -0.25) is 4.79 Å². The molecule has 2 aliphatic heterocycles. The lowest BCUT2D eigenvalue weighted by atomic mass is 10.2. The third kappa shape index (κ3) is 2.81. The van der Waals surface area contributed by atoms with Crippen LogP contribution in [0.4, 0.5) is 0 Å². The molecule has 6 heteroatoms. The van der Waals surface area contributed by atoms with Gasteiger partial charge in [0.1, 0.15) is 5.75 Å². The minimum atomic E-state index is 0.0369. The SMILES string of the molecule is O=C(COc1ccc(Cl)cc1Cl)N1CC2CC1CS2. The summed E-state index contributed by atoms with van der Waals surface area (Å²) >= 11 is 13.8. The number of hydrogen-bond acceptors (Lipinski definition) is 3. The average molecular weight is 318 g/mol.